The first-order chi connectivity index (χ1) is 16.9. The number of amides is 2. The van der Waals surface area contributed by atoms with Crippen LogP contribution in [0, 0.1) is 0 Å². The van der Waals surface area contributed by atoms with E-state index in [9.17, 15) is 14.7 Å². The van der Waals surface area contributed by atoms with E-state index in [1.807, 2.05) is 35.2 Å². The number of aliphatic hydroxyl groups excluding tert-OH is 1. The normalized spacial score (nSPS) is 25.1. The number of hydrogen-bond donors (Lipinski definition) is 2. The fourth-order valence-electron chi connectivity index (χ4n) is 6.09. The van der Waals surface area contributed by atoms with Crippen molar-refractivity contribution in [1.82, 2.24) is 4.90 Å². The zero-order valence-electron chi connectivity index (χ0n) is 19.6. The fraction of sp³-hybridized carbons (Fsp3) is 0.481. The van der Waals surface area contributed by atoms with Gasteiger partial charge < -0.3 is 20.1 Å². The van der Waals surface area contributed by atoms with Crippen LogP contribution in [0.1, 0.15) is 43.2 Å². The number of likely N-dealkylation sites (tertiary alicyclic amines) is 1. The van der Waals surface area contributed by atoms with E-state index in [2.05, 4.69) is 16.3 Å². The van der Waals surface area contributed by atoms with E-state index in [0.717, 1.165) is 67.1 Å². The highest BCUT2D eigenvalue weighted by atomic mass is 35.5. The van der Waals surface area contributed by atoms with Gasteiger partial charge in [-0.3, -0.25) is 14.5 Å². The molecule has 2 aromatic rings. The Hall–Kier alpha value is -2.61. The highest BCUT2D eigenvalue weighted by Gasteiger charge is 2.48. The third kappa shape index (κ3) is 3.99. The Morgan fingerprint density at radius 2 is 1.89 bits per heavy atom. The maximum Gasteiger partial charge on any atom is 0.235 e. The predicted octanol–water partition coefficient (Wildman–Crippen LogP) is 3.51. The summed E-state index contributed by atoms with van der Waals surface area (Å²) in [4.78, 5) is 29.6. The van der Waals surface area contributed by atoms with E-state index in [1.54, 1.807) is 0 Å². The molecule has 8 heteroatoms. The topological polar surface area (TPSA) is 82.1 Å². The van der Waals surface area contributed by atoms with Gasteiger partial charge in [0.1, 0.15) is 12.4 Å². The quantitative estimate of drug-likeness (QED) is 0.663. The molecule has 1 saturated heterocycles. The van der Waals surface area contributed by atoms with Crippen molar-refractivity contribution in [1.29, 1.82) is 0 Å². The lowest BCUT2D eigenvalue weighted by Crippen LogP contribution is -2.51. The van der Waals surface area contributed by atoms with Crippen molar-refractivity contribution in [2.75, 3.05) is 36.5 Å². The Bertz CT molecular complexity index is 1170. The Morgan fingerprint density at radius 1 is 1.09 bits per heavy atom. The number of carbonyl (C=O) groups excluding carboxylic acids is 2. The molecule has 35 heavy (non-hydrogen) atoms. The van der Waals surface area contributed by atoms with Crippen LogP contribution in [-0.4, -0.2) is 60.2 Å². The zero-order chi connectivity index (χ0) is 24.2. The molecule has 1 aliphatic carbocycles. The van der Waals surface area contributed by atoms with E-state index in [4.69, 9.17) is 16.3 Å². The first-order valence-corrected chi connectivity index (χ1v) is 12.9. The maximum absolute atomic E-state index is 12.8. The summed E-state index contributed by atoms with van der Waals surface area (Å²) >= 11 is 6.22. The van der Waals surface area contributed by atoms with Crippen LogP contribution in [-0.2, 0) is 21.4 Å². The smallest absolute Gasteiger partial charge is 0.235 e. The minimum Gasteiger partial charge on any atom is -0.492 e. The molecule has 0 radical (unpaired) electrons. The molecule has 184 valence electrons. The van der Waals surface area contributed by atoms with Crippen LogP contribution in [0.25, 0.3) is 0 Å². The molecule has 0 atom stereocenters. The summed E-state index contributed by atoms with van der Waals surface area (Å²) in [5.74, 6) is 1.05. The van der Waals surface area contributed by atoms with E-state index < -0.39 is 5.41 Å². The minimum absolute atomic E-state index is 0.0867. The lowest BCUT2D eigenvalue weighted by atomic mass is 9.73. The second-order valence-electron chi connectivity index (χ2n) is 10.2. The molecule has 0 unspecified atom stereocenters. The Morgan fingerprint density at radius 3 is 2.66 bits per heavy atom. The van der Waals surface area contributed by atoms with Crippen LogP contribution in [0.4, 0.5) is 11.4 Å². The summed E-state index contributed by atoms with van der Waals surface area (Å²) in [7, 11) is 0. The van der Waals surface area contributed by atoms with Crippen LogP contribution in [0.3, 0.4) is 0 Å². The third-order valence-electron chi connectivity index (χ3n) is 8.21. The van der Waals surface area contributed by atoms with Gasteiger partial charge in [-0.05, 0) is 92.7 Å². The molecule has 3 heterocycles. The van der Waals surface area contributed by atoms with Crippen molar-refractivity contribution in [2.24, 2.45) is 0 Å². The Balaban J connectivity index is 1.05. The molecule has 0 bridgehead atoms. The Labute approximate surface area is 210 Å². The van der Waals surface area contributed by atoms with Gasteiger partial charge in [0.15, 0.2) is 0 Å². The molecular weight excluding hydrogens is 466 g/mol. The molecule has 3 aliphatic heterocycles. The van der Waals surface area contributed by atoms with Gasteiger partial charge in [0, 0.05) is 35.4 Å². The number of aryl methyl sites for hydroxylation is 1. The summed E-state index contributed by atoms with van der Waals surface area (Å²) in [6.45, 7) is 3.02. The number of rotatable bonds is 5. The van der Waals surface area contributed by atoms with Crippen molar-refractivity contribution in [3.63, 3.8) is 0 Å². The summed E-state index contributed by atoms with van der Waals surface area (Å²) in [6, 6.07) is 11.7. The van der Waals surface area contributed by atoms with E-state index in [1.165, 1.54) is 0 Å². The zero-order valence-corrected chi connectivity index (χ0v) is 20.4. The monoisotopic (exact) mass is 495 g/mol. The SMILES string of the molecule is O=C1CCc2cc(OCCN3CCC4(CC3)C(=O)Nc3ccc(Cl)cc34)ccc2N1[C@H]1C[C@H](O)C1. The number of ether oxygens (including phenoxy) is 1. The van der Waals surface area contributed by atoms with E-state index in [-0.39, 0.29) is 24.0 Å². The number of hydrogen-bond acceptors (Lipinski definition) is 5. The number of aliphatic hydroxyl groups is 1. The number of anilines is 2. The van der Waals surface area contributed by atoms with Gasteiger partial charge in [-0.25, -0.2) is 0 Å². The van der Waals surface area contributed by atoms with E-state index in [0.29, 0.717) is 30.9 Å². The molecule has 2 N–H and O–H groups in total. The van der Waals surface area contributed by atoms with Gasteiger partial charge in [-0.2, -0.15) is 0 Å². The minimum atomic E-state index is -0.476. The number of nitrogens with one attached hydrogen (secondary N) is 1. The van der Waals surface area contributed by atoms with Crippen molar-refractivity contribution < 1.29 is 19.4 Å². The van der Waals surface area contributed by atoms with Gasteiger partial charge in [-0.1, -0.05) is 11.6 Å². The number of halogens is 1. The Kier molecular flexibility index (Phi) is 5.74. The predicted molar refractivity (Wildman–Crippen MR) is 134 cm³/mol. The third-order valence-corrected chi connectivity index (χ3v) is 8.44. The van der Waals surface area contributed by atoms with Crippen LogP contribution in [0.15, 0.2) is 36.4 Å². The van der Waals surface area contributed by atoms with Crippen LogP contribution in [0.5, 0.6) is 5.75 Å². The van der Waals surface area contributed by atoms with Crippen molar-refractivity contribution >= 4 is 34.8 Å². The first kappa shape index (κ1) is 22.8. The first-order valence-electron chi connectivity index (χ1n) is 12.5. The molecule has 1 spiro atoms. The van der Waals surface area contributed by atoms with Crippen LogP contribution in [0.2, 0.25) is 5.02 Å². The molecular formula is C27H30ClN3O4. The highest BCUT2D eigenvalue weighted by molar-refractivity contribution is 6.31. The van der Waals surface area contributed by atoms with Gasteiger partial charge in [0.05, 0.1) is 11.5 Å². The number of fused-ring (bicyclic) bond motifs is 3. The summed E-state index contributed by atoms with van der Waals surface area (Å²) < 4.78 is 6.08. The maximum atomic E-state index is 12.8. The molecule has 1 saturated carbocycles. The lowest BCUT2D eigenvalue weighted by molar-refractivity contribution is -0.122. The molecule has 2 aromatic carbocycles. The largest absolute Gasteiger partial charge is 0.492 e. The molecule has 7 nitrogen and oxygen atoms in total. The molecule has 6 rings (SSSR count). The highest BCUT2D eigenvalue weighted by Crippen LogP contribution is 2.45. The van der Waals surface area contributed by atoms with Gasteiger partial charge in [0.2, 0.25) is 11.8 Å². The van der Waals surface area contributed by atoms with E-state index >= 15 is 0 Å². The second kappa shape index (κ2) is 8.80. The molecule has 0 aromatic heterocycles. The summed E-state index contributed by atoms with van der Waals surface area (Å²) in [5.41, 5.74) is 3.53. The van der Waals surface area contributed by atoms with Gasteiger partial charge >= 0.3 is 0 Å². The molecule has 2 amide bonds. The number of piperidine rings is 1. The standard InChI is InChI=1S/C27H30ClN3O4/c28-18-2-4-23-22(14-18)27(26(34)29-23)7-9-30(10-8-27)11-12-35-21-3-5-24-17(13-21)1-6-25(33)31(24)19-15-20(32)16-19/h2-5,13-14,19-20,32H,1,6-12,15-16H2,(H,29,34)/t19-,20-. The molecule has 2 fully saturated rings. The fourth-order valence-corrected chi connectivity index (χ4v) is 6.26. The molecule has 4 aliphatic rings. The van der Waals surface area contributed by atoms with Crippen molar-refractivity contribution in [3.8, 4) is 5.75 Å². The number of nitrogens with zero attached hydrogens (tertiary/aromatic N) is 2. The van der Waals surface area contributed by atoms with Crippen LogP contribution < -0.4 is 15.0 Å². The number of carbonyl (C=O) groups is 2. The average molecular weight is 496 g/mol. The summed E-state index contributed by atoms with van der Waals surface area (Å²) in [5, 5.41) is 13.4. The lowest BCUT2D eigenvalue weighted by Gasteiger charge is -2.43. The van der Waals surface area contributed by atoms with Crippen molar-refractivity contribution in [2.45, 2.75) is 56.1 Å². The average Bonchev–Trinajstić information content (AvgIpc) is 3.09. The van der Waals surface area contributed by atoms with Crippen molar-refractivity contribution in [3.05, 3.63) is 52.5 Å². The van der Waals surface area contributed by atoms with Crippen LogP contribution >= 0.6 is 11.6 Å². The second-order valence-corrected chi connectivity index (χ2v) is 10.7. The summed E-state index contributed by atoms with van der Waals surface area (Å²) in [6.07, 6.45) is 3.78. The number of benzene rings is 2. The van der Waals surface area contributed by atoms with Gasteiger partial charge in [0.25, 0.3) is 0 Å². The van der Waals surface area contributed by atoms with Gasteiger partial charge in [-0.15, -0.1) is 0 Å².